The maximum atomic E-state index is 12.2. The number of carbonyl (C=O) groups is 1. The molecule has 1 atom stereocenters. The van der Waals surface area contributed by atoms with Crippen molar-refractivity contribution in [3.8, 4) is 0 Å². The van der Waals surface area contributed by atoms with Gasteiger partial charge in [0.15, 0.2) is 0 Å². The van der Waals surface area contributed by atoms with Gasteiger partial charge < -0.3 is 10.6 Å². The predicted molar refractivity (Wildman–Crippen MR) is 80.2 cm³/mol. The molecule has 1 unspecified atom stereocenters. The monoisotopic (exact) mass is 280 g/mol. The summed E-state index contributed by atoms with van der Waals surface area (Å²) in [5.74, 6) is 0.133. The summed E-state index contributed by atoms with van der Waals surface area (Å²) in [4.78, 5) is 14.1. The van der Waals surface area contributed by atoms with Gasteiger partial charge in [-0.1, -0.05) is 36.4 Å². The maximum Gasteiger partial charge on any atom is 0.225 e. The lowest BCUT2D eigenvalue weighted by Crippen LogP contribution is -2.35. The third-order valence-corrected chi connectivity index (χ3v) is 3.26. The topological polar surface area (TPSA) is 46.3 Å². The molecule has 0 aromatic heterocycles. The highest BCUT2D eigenvalue weighted by atomic mass is 35.5. The third-order valence-electron chi connectivity index (χ3n) is 3.26. The summed E-state index contributed by atoms with van der Waals surface area (Å²) < 4.78 is 0. The van der Waals surface area contributed by atoms with Crippen molar-refractivity contribution in [1.82, 2.24) is 4.90 Å². The number of nitrogens with zero attached hydrogens (tertiary/aromatic N) is 1. The zero-order chi connectivity index (χ0) is 13.0. The highest BCUT2D eigenvalue weighted by Gasteiger charge is 2.32. The van der Waals surface area contributed by atoms with Crippen molar-refractivity contribution in [2.24, 2.45) is 5.73 Å². The molecule has 1 fully saturated rings. The van der Waals surface area contributed by atoms with E-state index in [1.807, 2.05) is 35.2 Å². The molecule has 1 aliphatic carbocycles. The summed E-state index contributed by atoms with van der Waals surface area (Å²) in [5.41, 5.74) is 7.09. The second-order valence-electron chi connectivity index (χ2n) is 4.79. The van der Waals surface area contributed by atoms with Crippen LogP contribution in [-0.4, -0.2) is 23.4 Å². The molecule has 104 valence electrons. The first kappa shape index (κ1) is 15.7. The van der Waals surface area contributed by atoms with Crippen molar-refractivity contribution in [2.75, 3.05) is 6.54 Å². The van der Waals surface area contributed by atoms with E-state index in [1.54, 1.807) is 6.08 Å². The Kier molecular flexibility index (Phi) is 6.06. The highest BCUT2D eigenvalue weighted by molar-refractivity contribution is 5.85. The van der Waals surface area contributed by atoms with Crippen LogP contribution in [0.15, 0.2) is 43.0 Å². The van der Waals surface area contributed by atoms with E-state index in [-0.39, 0.29) is 24.4 Å². The Labute approximate surface area is 120 Å². The largest absolute Gasteiger partial charge is 0.336 e. The Morgan fingerprint density at radius 1 is 1.42 bits per heavy atom. The molecular formula is C15H21ClN2O. The first-order chi connectivity index (χ1) is 8.72. The number of halogens is 1. The SMILES string of the molecule is C=CCN(C(=O)CC(N)c1ccccc1)C1CC1.Cl. The Balaban J connectivity index is 0.00000180. The minimum atomic E-state index is -0.218. The molecular weight excluding hydrogens is 260 g/mol. The standard InChI is InChI=1S/C15H20N2O.ClH/c1-2-10-17(13-8-9-13)15(18)11-14(16)12-6-4-3-5-7-12;/h2-7,13-14H,1,8-11,16H2;1H. The molecule has 0 aliphatic heterocycles. The molecule has 1 aromatic rings. The average Bonchev–Trinajstić information content (AvgIpc) is 3.21. The molecule has 1 amide bonds. The van der Waals surface area contributed by atoms with Crippen molar-refractivity contribution in [2.45, 2.75) is 31.3 Å². The molecule has 1 saturated carbocycles. The Morgan fingerprint density at radius 2 is 2.05 bits per heavy atom. The fraction of sp³-hybridized carbons (Fsp3) is 0.400. The molecule has 0 spiro atoms. The lowest BCUT2D eigenvalue weighted by Gasteiger charge is -2.22. The second-order valence-corrected chi connectivity index (χ2v) is 4.79. The van der Waals surface area contributed by atoms with E-state index in [9.17, 15) is 4.79 Å². The molecule has 1 aromatic carbocycles. The quantitative estimate of drug-likeness (QED) is 0.815. The summed E-state index contributed by atoms with van der Waals surface area (Å²) >= 11 is 0. The fourth-order valence-electron chi connectivity index (χ4n) is 2.10. The minimum absolute atomic E-state index is 0. The van der Waals surface area contributed by atoms with Gasteiger partial charge in [0.05, 0.1) is 0 Å². The number of carbonyl (C=O) groups excluding carboxylic acids is 1. The van der Waals surface area contributed by atoms with Gasteiger partial charge >= 0.3 is 0 Å². The first-order valence-corrected chi connectivity index (χ1v) is 6.43. The van der Waals surface area contributed by atoms with Crippen LogP contribution in [0.4, 0.5) is 0 Å². The lowest BCUT2D eigenvalue weighted by molar-refractivity contribution is -0.131. The normalized spacial score (nSPS) is 15.2. The number of amides is 1. The van der Waals surface area contributed by atoms with Crippen LogP contribution in [0.1, 0.15) is 30.9 Å². The van der Waals surface area contributed by atoms with Crippen LogP contribution in [-0.2, 0) is 4.79 Å². The Morgan fingerprint density at radius 3 is 2.58 bits per heavy atom. The number of benzene rings is 1. The van der Waals surface area contributed by atoms with E-state index >= 15 is 0 Å². The molecule has 0 saturated heterocycles. The smallest absolute Gasteiger partial charge is 0.225 e. The number of hydrogen-bond donors (Lipinski definition) is 1. The van der Waals surface area contributed by atoms with Crippen LogP contribution in [0.5, 0.6) is 0 Å². The molecule has 2 N–H and O–H groups in total. The maximum absolute atomic E-state index is 12.2. The first-order valence-electron chi connectivity index (χ1n) is 6.43. The lowest BCUT2D eigenvalue weighted by atomic mass is 10.0. The van der Waals surface area contributed by atoms with Gasteiger partial charge in [0.1, 0.15) is 0 Å². The Hall–Kier alpha value is -1.32. The fourth-order valence-corrected chi connectivity index (χ4v) is 2.10. The van der Waals surface area contributed by atoms with Gasteiger partial charge in [0, 0.05) is 25.0 Å². The van der Waals surface area contributed by atoms with Crippen LogP contribution in [0.25, 0.3) is 0 Å². The third kappa shape index (κ3) is 4.37. The van der Waals surface area contributed by atoms with Gasteiger partial charge in [0.25, 0.3) is 0 Å². The van der Waals surface area contributed by atoms with E-state index < -0.39 is 0 Å². The van der Waals surface area contributed by atoms with Crippen molar-refractivity contribution in [3.05, 3.63) is 48.6 Å². The van der Waals surface area contributed by atoms with Crippen LogP contribution in [0, 0.1) is 0 Å². The van der Waals surface area contributed by atoms with E-state index in [1.165, 1.54) is 0 Å². The summed E-state index contributed by atoms with van der Waals surface area (Å²) in [6.45, 7) is 4.34. The van der Waals surface area contributed by atoms with Crippen molar-refractivity contribution >= 4 is 18.3 Å². The van der Waals surface area contributed by atoms with E-state index in [4.69, 9.17) is 5.73 Å². The molecule has 2 rings (SSSR count). The average molecular weight is 281 g/mol. The minimum Gasteiger partial charge on any atom is -0.336 e. The van der Waals surface area contributed by atoms with E-state index in [0.29, 0.717) is 19.0 Å². The van der Waals surface area contributed by atoms with Gasteiger partial charge in [-0.05, 0) is 18.4 Å². The van der Waals surface area contributed by atoms with Crippen molar-refractivity contribution < 1.29 is 4.79 Å². The van der Waals surface area contributed by atoms with Gasteiger partial charge in [-0.25, -0.2) is 0 Å². The van der Waals surface area contributed by atoms with Gasteiger partial charge in [-0.3, -0.25) is 4.79 Å². The number of rotatable bonds is 6. The van der Waals surface area contributed by atoms with Gasteiger partial charge in [0.2, 0.25) is 5.91 Å². The Bertz CT molecular complexity index is 417. The zero-order valence-corrected chi connectivity index (χ0v) is 11.8. The molecule has 1 aliphatic rings. The van der Waals surface area contributed by atoms with Gasteiger partial charge in [-0.2, -0.15) is 0 Å². The second kappa shape index (κ2) is 7.31. The summed E-state index contributed by atoms with van der Waals surface area (Å²) in [6.07, 6.45) is 4.37. The predicted octanol–water partition coefficient (Wildman–Crippen LogP) is 2.68. The molecule has 0 radical (unpaired) electrons. The number of hydrogen-bond acceptors (Lipinski definition) is 2. The number of nitrogens with two attached hydrogens (primary N) is 1. The molecule has 0 bridgehead atoms. The van der Waals surface area contributed by atoms with Crippen LogP contribution >= 0.6 is 12.4 Å². The van der Waals surface area contributed by atoms with Crippen LogP contribution < -0.4 is 5.73 Å². The highest BCUT2D eigenvalue weighted by Crippen LogP contribution is 2.28. The molecule has 19 heavy (non-hydrogen) atoms. The van der Waals surface area contributed by atoms with Gasteiger partial charge in [-0.15, -0.1) is 19.0 Å². The molecule has 0 heterocycles. The summed E-state index contributed by atoms with van der Waals surface area (Å²) in [6, 6.07) is 9.97. The van der Waals surface area contributed by atoms with Crippen molar-refractivity contribution in [1.29, 1.82) is 0 Å². The van der Waals surface area contributed by atoms with Crippen LogP contribution in [0.3, 0.4) is 0 Å². The van der Waals surface area contributed by atoms with E-state index in [0.717, 1.165) is 18.4 Å². The summed E-state index contributed by atoms with van der Waals surface area (Å²) in [5, 5.41) is 0. The van der Waals surface area contributed by atoms with E-state index in [2.05, 4.69) is 6.58 Å². The zero-order valence-electron chi connectivity index (χ0n) is 11.0. The molecule has 3 nitrogen and oxygen atoms in total. The van der Waals surface area contributed by atoms with Crippen LogP contribution in [0.2, 0.25) is 0 Å². The molecule has 4 heteroatoms. The van der Waals surface area contributed by atoms with Crippen molar-refractivity contribution in [3.63, 3.8) is 0 Å². The summed E-state index contributed by atoms with van der Waals surface area (Å²) in [7, 11) is 0.